The van der Waals surface area contributed by atoms with Crippen molar-refractivity contribution in [3.8, 4) is 5.75 Å². The van der Waals surface area contributed by atoms with Crippen molar-refractivity contribution >= 4 is 29.4 Å². The minimum atomic E-state index is -1.32. The van der Waals surface area contributed by atoms with Crippen LogP contribution >= 0.6 is 11.8 Å². The van der Waals surface area contributed by atoms with E-state index in [9.17, 15) is 9.59 Å². The number of para-hydroxylation sites is 1. The summed E-state index contributed by atoms with van der Waals surface area (Å²) in [5, 5.41) is 2.90. The number of amides is 2. The first kappa shape index (κ1) is 22.0. The number of thioether (sulfide) groups is 1. The quantitative estimate of drug-likeness (QED) is 0.662. The van der Waals surface area contributed by atoms with E-state index in [1.165, 1.54) is 11.8 Å². The first-order chi connectivity index (χ1) is 14.2. The Bertz CT molecular complexity index is 924. The van der Waals surface area contributed by atoms with Crippen LogP contribution < -0.4 is 15.0 Å². The maximum atomic E-state index is 13.7. The summed E-state index contributed by atoms with van der Waals surface area (Å²) >= 11 is 1.29. The molecule has 160 valence electrons. The fourth-order valence-corrected chi connectivity index (χ4v) is 4.62. The number of methoxy groups -OCH3 is 1. The van der Waals surface area contributed by atoms with Gasteiger partial charge in [-0.05, 0) is 57.5 Å². The third-order valence-electron chi connectivity index (χ3n) is 4.58. The molecule has 6 nitrogen and oxygen atoms in total. The van der Waals surface area contributed by atoms with Crippen LogP contribution in [0.2, 0.25) is 0 Å². The molecule has 2 amide bonds. The molecule has 3 rings (SSSR count). The molecule has 0 saturated carbocycles. The average Bonchev–Trinajstić information content (AvgIpc) is 2.90. The highest BCUT2D eigenvalue weighted by atomic mass is 32.2. The molecule has 1 atom stereocenters. The van der Waals surface area contributed by atoms with Gasteiger partial charge in [-0.1, -0.05) is 36.9 Å². The fourth-order valence-electron chi connectivity index (χ4n) is 3.38. The number of hydrogen-bond donors (Lipinski definition) is 1. The highest BCUT2D eigenvalue weighted by molar-refractivity contribution is 8.01. The maximum Gasteiger partial charge on any atom is 0.409 e. The summed E-state index contributed by atoms with van der Waals surface area (Å²) in [7, 11) is 1.60. The number of nitrogens with zero attached hydrogens (tertiary/aromatic N) is 1. The molecule has 0 bridgehead atoms. The number of carbonyl (C=O) groups is 2. The summed E-state index contributed by atoms with van der Waals surface area (Å²) in [6.45, 7) is 7.97. The number of fused-ring (bicyclic) bond motifs is 1. The number of hydrogen-bond acceptors (Lipinski definition) is 5. The number of rotatable bonds is 6. The molecule has 7 heteroatoms. The van der Waals surface area contributed by atoms with Gasteiger partial charge < -0.3 is 14.4 Å². The lowest BCUT2D eigenvalue weighted by molar-refractivity contribution is -0.121. The Kier molecular flexibility index (Phi) is 6.31. The van der Waals surface area contributed by atoms with Crippen molar-refractivity contribution in [2.75, 3.05) is 18.6 Å². The number of carbonyl (C=O) groups excluding carboxylic acids is 2. The van der Waals surface area contributed by atoms with E-state index >= 15 is 0 Å². The number of benzene rings is 2. The van der Waals surface area contributed by atoms with Gasteiger partial charge in [-0.2, -0.15) is 0 Å². The van der Waals surface area contributed by atoms with Gasteiger partial charge in [0.1, 0.15) is 11.4 Å². The van der Waals surface area contributed by atoms with E-state index in [1.54, 1.807) is 32.8 Å². The second kappa shape index (κ2) is 8.60. The minimum Gasteiger partial charge on any atom is -0.497 e. The normalized spacial score (nSPS) is 18.2. The second-order valence-corrected chi connectivity index (χ2v) is 9.35. The average molecular weight is 429 g/mol. The van der Waals surface area contributed by atoms with Crippen molar-refractivity contribution in [1.29, 1.82) is 0 Å². The van der Waals surface area contributed by atoms with Crippen LogP contribution in [0.1, 0.15) is 39.7 Å². The zero-order chi connectivity index (χ0) is 21.9. The van der Waals surface area contributed by atoms with Crippen LogP contribution in [0.15, 0.2) is 53.4 Å². The maximum absolute atomic E-state index is 13.7. The molecule has 0 spiro atoms. The monoisotopic (exact) mass is 428 g/mol. The molecule has 1 aliphatic rings. The SMILES string of the molecule is CCCN1C(=O)C(NC(=O)OC(C)(C)C)(Sc2ccc(OC)cc2)c2ccccc21. The second-order valence-electron chi connectivity index (χ2n) is 8.06. The van der Waals surface area contributed by atoms with Crippen molar-refractivity contribution in [2.24, 2.45) is 0 Å². The molecule has 0 aliphatic carbocycles. The highest BCUT2D eigenvalue weighted by Gasteiger charge is 2.53. The van der Waals surface area contributed by atoms with Gasteiger partial charge in [-0.15, -0.1) is 0 Å². The van der Waals surface area contributed by atoms with Crippen LogP contribution in [-0.4, -0.2) is 31.3 Å². The Labute approximate surface area is 181 Å². The first-order valence-corrected chi connectivity index (χ1v) is 10.8. The molecule has 0 saturated heterocycles. The third-order valence-corrected chi connectivity index (χ3v) is 5.89. The van der Waals surface area contributed by atoms with E-state index in [0.717, 1.165) is 28.3 Å². The lowest BCUT2D eigenvalue weighted by Gasteiger charge is -2.31. The zero-order valence-corrected chi connectivity index (χ0v) is 18.8. The summed E-state index contributed by atoms with van der Waals surface area (Å²) in [5.74, 6) is 0.538. The predicted molar refractivity (Wildman–Crippen MR) is 119 cm³/mol. The molecule has 1 aliphatic heterocycles. The minimum absolute atomic E-state index is 0.183. The summed E-state index contributed by atoms with van der Waals surface area (Å²) in [6.07, 6.45) is 0.167. The zero-order valence-electron chi connectivity index (χ0n) is 18.0. The largest absolute Gasteiger partial charge is 0.497 e. The van der Waals surface area contributed by atoms with E-state index in [-0.39, 0.29) is 5.91 Å². The number of nitrogens with one attached hydrogen (secondary N) is 1. The summed E-state index contributed by atoms with van der Waals surface area (Å²) in [4.78, 5) is 27.8. The topological polar surface area (TPSA) is 67.9 Å². The molecule has 1 N–H and O–H groups in total. The number of ether oxygens (including phenoxy) is 2. The smallest absolute Gasteiger partial charge is 0.409 e. The molecule has 0 aromatic heterocycles. The van der Waals surface area contributed by atoms with Gasteiger partial charge in [-0.25, -0.2) is 4.79 Å². The van der Waals surface area contributed by atoms with Gasteiger partial charge >= 0.3 is 6.09 Å². The Hall–Kier alpha value is -2.67. The Balaban J connectivity index is 2.07. The molecule has 0 radical (unpaired) electrons. The molecule has 2 aromatic carbocycles. The van der Waals surface area contributed by atoms with Crippen LogP contribution in [0.3, 0.4) is 0 Å². The van der Waals surface area contributed by atoms with Crippen LogP contribution in [0.25, 0.3) is 0 Å². The van der Waals surface area contributed by atoms with Gasteiger partial charge in [0.25, 0.3) is 5.91 Å². The fraction of sp³-hybridized carbons (Fsp3) is 0.391. The van der Waals surface area contributed by atoms with E-state index in [0.29, 0.717) is 6.54 Å². The summed E-state index contributed by atoms with van der Waals surface area (Å²) in [6, 6.07) is 15.0. The lowest BCUT2D eigenvalue weighted by Crippen LogP contribution is -2.52. The van der Waals surface area contributed by atoms with Gasteiger partial charge in [0.2, 0.25) is 4.87 Å². The van der Waals surface area contributed by atoms with Crippen LogP contribution in [0, 0.1) is 0 Å². The Morgan fingerprint density at radius 1 is 1.13 bits per heavy atom. The molecule has 30 heavy (non-hydrogen) atoms. The van der Waals surface area contributed by atoms with Crippen LogP contribution in [0.4, 0.5) is 10.5 Å². The highest BCUT2D eigenvalue weighted by Crippen LogP contribution is 2.50. The third kappa shape index (κ3) is 4.41. The van der Waals surface area contributed by atoms with Crippen molar-refractivity contribution in [2.45, 2.75) is 49.5 Å². The van der Waals surface area contributed by atoms with E-state index in [1.807, 2.05) is 55.5 Å². The molecule has 0 fully saturated rings. The van der Waals surface area contributed by atoms with Gasteiger partial charge in [-0.3, -0.25) is 10.1 Å². The number of anilines is 1. The van der Waals surface area contributed by atoms with E-state index in [2.05, 4.69) is 5.32 Å². The Morgan fingerprint density at radius 2 is 1.80 bits per heavy atom. The molecule has 1 unspecified atom stereocenters. The number of alkyl carbamates (subject to hydrolysis) is 1. The summed E-state index contributed by atoms with van der Waals surface area (Å²) in [5.41, 5.74) is 0.872. The van der Waals surface area contributed by atoms with E-state index < -0.39 is 16.6 Å². The van der Waals surface area contributed by atoms with Crippen molar-refractivity contribution < 1.29 is 19.1 Å². The van der Waals surface area contributed by atoms with Gasteiger partial charge in [0.05, 0.1) is 12.8 Å². The van der Waals surface area contributed by atoms with Crippen LogP contribution in [0.5, 0.6) is 5.75 Å². The standard InChI is InChI=1S/C23H28N2O4S/c1-6-15-25-19-10-8-7-9-18(19)23(20(25)26,24-21(27)29-22(2,3)4)30-17-13-11-16(28-5)12-14-17/h7-14H,6,15H2,1-5H3,(H,24,27). The van der Waals surface area contributed by atoms with Gasteiger partial charge in [0, 0.05) is 17.0 Å². The molecule has 2 aromatic rings. The van der Waals surface area contributed by atoms with Crippen molar-refractivity contribution in [3.05, 3.63) is 54.1 Å². The van der Waals surface area contributed by atoms with Crippen molar-refractivity contribution in [1.82, 2.24) is 5.32 Å². The molecular weight excluding hydrogens is 400 g/mol. The molecular formula is C23H28N2O4S. The van der Waals surface area contributed by atoms with Crippen molar-refractivity contribution in [3.63, 3.8) is 0 Å². The van der Waals surface area contributed by atoms with E-state index in [4.69, 9.17) is 9.47 Å². The summed E-state index contributed by atoms with van der Waals surface area (Å²) < 4.78 is 10.7. The first-order valence-electron chi connectivity index (χ1n) is 9.96. The lowest BCUT2D eigenvalue weighted by atomic mass is 10.1. The predicted octanol–water partition coefficient (Wildman–Crippen LogP) is 4.92. The molecule has 1 heterocycles. The van der Waals surface area contributed by atoms with Crippen LogP contribution in [-0.2, 0) is 14.4 Å². The van der Waals surface area contributed by atoms with Gasteiger partial charge in [0.15, 0.2) is 0 Å². The Morgan fingerprint density at radius 3 is 2.40 bits per heavy atom.